The van der Waals surface area contributed by atoms with Gasteiger partial charge in [-0.1, -0.05) is 12.1 Å². The van der Waals surface area contributed by atoms with Crippen LogP contribution in [0.3, 0.4) is 0 Å². The molecule has 1 aromatic heterocycles. The largest absolute Gasteiger partial charge is 0.545 e. The van der Waals surface area contributed by atoms with Crippen LogP contribution in [-0.2, 0) is 0 Å². The Labute approximate surface area is 130 Å². The Morgan fingerprint density at radius 2 is 1.91 bits per heavy atom. The average Bonchev–Trinajstić information content (AvgIpc) is 2.82. The summed E-state index contributed by atoms with van der Waals surface area (Å²) >= 11 is 1.03. The number of carbonyl (C=O) groups is 2. The van der Waals surface area contributed by atoms with Gasteiger partial charge in [-0.05, 0) is 30.2 Å². The van der Waals surface area contributed by atoms with Gasteiger partial charge in [-0.3, -0.25) is 4.79 Å². The average molecular weight is 310 g/mol. The fraction of sp³-hybridized carbons (Fsp3) is 0.0667. The van der Waals surface area contributed by atoms with Crippen LogP contribution in [0.2, 0.25) is 0 Å². The minimum atomic E-state index is -1.32. The molecule has 22 heavy (non-hydrogen) atoms. The second kappa shape index (κ2) is 6.08. The zero-order valence-corrected chi connectivity index (χ0v) is 12.2. The van der Waals surface area contributed by atoms with Crippen molar-refractivity contribution in [3.8, 4) is 6.07 Å². The Morgan fingerprint density at radius 1 is 1.32 bits per heavy atom. The molecule has 1 heterocycles. The number of nitrogens with zero attached hydrogens (tertiary/aromatic N) is 2. The smallest absolute Gasteiger partial charge is 0.256 e. The van der Waals surface area contributed by atoms with Gasteiger partial charge in [-0.15, -0.1) is 11.3 Å². The Kier molecular flexibility index (Phi) is 4.21. The van der Waals surface area contributed by atoms with E-state index >= 15 is 0 Å². The Morgan fingerprint density at radius 3 is 2.41 bits per heavy atom. The van der Waals surface area contributed by atoms with E-state index in [0.717, 1.165) is 11.3 Å². The van der Waals surface area contributed by atoms with Crippen molar-refractivity contribution in [3.63, 3.8) is 0 Å². The number of thiophene rings is 1. The van der Waals surface area contributed by atoms with Crippen LogP contribution >= 0.6 is 11.3 Å². The van der Waals surface area contributed by atoms with Gasteiger partial charge in [0.05, 0.1) is 18.1 Å². The maximum absolute atomic E-state index is 12.1. The third kappa shape index (κ3) is 2.80. The van der Waals surface area contributed by atoms with E-state index in [1.165, 1.54) is 24.3 Å². The van der Waals surface area contributed by atoms with E-state index in [2.05, 4.69) is 10.2 Å². The van der Waals surface area contributed by atoms with Gasteiger partial charge in [-0.25, -0.2) is 4.85 Å². The second-order valence-corrected chi connectivity index (χ2v) is 5.28. The predicted octanol–water partition coefficient (Wildman–Crippen LogP) is 2.09. The molecule has 2 aromatic rings. The zero-order valence-electron chi connectivity index (χ0n) is 11.3. The fourth-order valence-electron chi connectivity index (χ4n) is 1.76. The molecule has 0 unspecified atom stereocenters. The van der Waals surface area contributed by atoms with Gasteiger partial charge in [0.15, 0.2) is 0 Å². The number of benzene rings is 1. The standard InChI is InChI=1S/C15H9N3O3S/c1-8-11(7-16)14(22-13(8)17-2)18-12(19)9-3-5-10(6-4-9)15(20)21/h3-6H,1H3,(H,18,19)(H,20,21)/p-1. The SMILES string of the molecule is [C-]#[N+]c1sc(NC(=O)c2ccc(C(=O)[O-])cc2)c(C#N)c1C. The molecule has 0 atom stereocenters. The molecule has 0 saturated heterocycles. The number of hydrogen-bond acceptors (Lipinski definition) is 5. The van der Waals surface area contributed by atoms with Crippen molar-refractivity contribution in [3.05, 3.63) is 57.9 Å². The molecule has 1 N–H and O–H groups in total. The molecule has 108 valence electrons. The van der Waals surface area contributed by atoms with Crippen molar-refractivity contribution in [1.29, 1.82) is 5.26 Å². The maximum Gasteiger partial charge on any atom is 0.256 e. The van der Waals surface area contributed by atoms with Gasteiger partial charge >= 0.3 is 0 Å². The molecule has 0 aliphatic heterocycles. The molecule has 0 radical (unpaired) electrons. The fourth-order valence-corrected chi connectivity index (χ4v) is 2.70. The minimum Gasteiger partial charge on any atom is -0.545 e. The number of carbonyl (C=O) groups excluding carboxylic acids is 2. The molecule has 2 rings (SSSR count). The van der Waals surface area contributed by atoms with E-state index in [0.29, 0.717) is 15.6 Å². The molecule has 0 bridgehead atoms. The maximum atomic E-state index is 12.1. The van der Waals surface area contributed by atoms with Crippen molar-refractivity contribution in [2.24, 2.45) is 0 Å². The molecule has 1 amide bonds. The van der Waals surface area contributed by atoms with Crippen LogP contribution in [-0.4, -0.2) is 11.9 Å². The van der Waals surface area contributed by atoms with Crippen molar-refractivity contribution in [2.75, 3.05) is 5.32 Å². The molecular weight excluding hydrogens is 302 g/mol. The minimum absolute atomic E-state index is 0.0310. The lowest BCUT2D eigenvalue weighted by Crippen LogP contribution is -2.22. The van der Waals surface area contributed by atoms with Crippen LogP contribution in [0.4, 0.5) is 10.0 Å². The first-order valence-corrected chi connectivity index (χ1v) is 6.83. The van der Waals surface area contributed by atoms with E-state index in [9.17, 15) is 14.7 Å². The van der Waals surface area contributed by atoms with Crippen LogP contribution in [0.5, 0.6) is 0 Å². The predicted molar refractivity (Wildman–Crippen MR) is 78.8 cm³/mol. The van der Waals surface area contributed by atoms with E-state index in [4.69, 9.17) is 11.8 Å². The van der Waals surface area contributed by atoms with Crippen molar-refractivity contribution < 1.29 is 14.7 Å². The molecule has 0 aliphatic rings. The summed E-state index contributed by atoms with van der Waals surface area (Å²) in [5, 5.41) is 23.0. The summed E-state index contributed by atoms with van der Waals surface area (Å²) in [4.78, 5) is 26.1. The van der Waals surface area contributed by atoms with E-state index < -0.39 is 11.9 Å². The number of amides is 1. The van der Waals surface area contributed by atoms with Gasteiger partial charge < -0.3 is 15.2 Å². The van der Waals surface area contributed by atoms with Gasteiger partial charge in [0.1, 0.15) is 11.1 Å². The summed E-state index contributed by atoms with van der Waals surface area (Å²) in [7, 11) is 0. The highest BCUT2D eigenvalue weighted by molar-refractivity contribution is 7.20. The lowest BCUT2D eigenvalue weighted by atomic mass is 10.1. The monoisotopic (exact) mass is 310 g/mol. The first kappa shape index (κ1) is 15.2. The highest BCUT2D eigenvalue weighted by atomic mass is 32.1. The molecule has 0 aliphatic carbocycles. The van der Waals surface area contributed by atoms with E-state index in [1.54, 1.807) is 6.92 Å². The van der Waals surface area contributed by atoms with Gasteiger partial charge in [0.2, 0.25) is 5.00 Å². The molecule has 7 heteroatoms. The Bertz CT molecular complexity index is 839. The Hall–Kier alpha value is -3.16. The topological polar surface area (TPSA) is 97.4 Å². The molecule has 0 fully saturated rings. The van der Waals surface area contributed by atoms with Crippen molar-refractivity contribution >= 4 is 33.2 Å². The molecule has 0 spiro atoms. The number of rotatable bonds is 3. The van der Waals surface area contributed by atoms with E-state index in [-0.39, 0.29) is 16.7 Å². The molecule has 0 saturated carbocycles. The number of hydrogen-bond donors (Lipinski definition) is 1. The van der Waals surface area contributed by atoms with Gasteiger partial charge in [0.25, 0.3) is 5.91 Å². The van der Waals surface area contributed by atoms with E-state index in [1.807, 2.05) is 6.07 Å². The first-order valence-electron chi connectivity index (χ1n) is 6.01. The van der Waals surface area contributed by atoms with Crippen LogP contribution in [0, 0.1) is 24.8 Å². The number of nitriles is 1. The highest BCUT2D eigenvalue weighted by Crippen LogP contribution is 2.38. The second-order valence-electron chi connectivity index (χ2n) is 4.28. The summed E-state index contributed by atoms with van der Waals surface area (Å²) in [5.41, 5.74) is 1.00. The number of anilines is 1. The van der Waals surface area contributed by atoms with Crippen LogP contribution in [0.15, 0.2) is 24.3 Å². The number of aromatic carboxylic acids is 1. The Balaban J connectivity index is 2.28. The first-order chi connectivity index (χ1) is 10.5. The summed E-state index contributed by atoms with van der Waals surface area (Å²) in [6, 6.07) is 7.19. The quantitative estimate of drug-likeness (QED) is 0.878. The normalized spacial score (nSPS) is 9.59. The summed E-state index contributed by atoms with van der Waals surface area (Å²) in [6.07, 6.45) is 0. The molecule has 6 nitrogen and oxygen atoms in total. The van der Waals surface area contributed by atoms with Crippen LogP contribution < -0.4 is 10.4 Å². The number of carboxylic acids is 1. The highest BCUT2D eigenvalue weighted by Gasteiger charge is 2.17. The summed E-state index contributed by atoms with van der Waals surface area (Å²) < 4.78 is 0. The van der Waals surface area contributed by atoms with Crippen molar-refractivity contribution in [2.45, 2.75) is 6.92 Å². The third-order valence-electron chi connectivity index (χ3n) is 2.94. The molecular formula is C15H8N3O3S-. The zero-order chi connectivity index (χ0) is 16.3. The van der Waals surface area contributed by atoms with Crippen LogP contribution in [0.1, 0.15) is 31.8 Å². The van der Waals surface area contributed by atoms with Gasteiger partial charge in [-0.2, -0.15) is 5.26 Å². The lowest BCUT2D eigenvalue weighted by molar-refractivity contribution is -0.255. The number of nitrogens with one attached hydrogen (secondary N) is 1. The number of carboxylic acid groups (broad SMARTS) is 1. The molecule has 1 aromatic carbocycles. The van der Waals surface area contributed by atoms with Crippen LogP contribution in [0.25, 0.3) is 4.85 Å². The summed E-state index contributed by atoms with van der Waals surface area (Å²) in [5.74, 6) is -1.81. The third-order valence-corrected chi connectivity index (χ3v) is 4.05. The van der Waals surface area contributed by atoms with Crippen molar-refractivity contribution in [1.82, 2.24) is 0 Å². The lowest BCUT2D eigenvalue weighted by Gasteiger charge is -2.06. The van der Waals surface area contributed by atoms with Gasteiger partial charge in [0, 0.05) is 5.56 Å². The summed E-state index contributed by atoms with van der Waals surface area (Å²) in [6.45, 7) is 8.68.